The predicted octanol–water partition coefficient (Wildman–Crippen LogP) is 0.600. The smallest absolute Gasteiger partial charge is 0.254 e. The lowest BCUT2D eigenvalue weighted by molar-refractivity contribution is 0.0663. The monoisotopic (exact) mass is 325 g/mol. The zero-order chi connectivity index (χ0) is 16.9. The van der Waals surface area contributed by atoms with Crippen molar-refractivity contribution in [2.75, 3.05) is 26.2 Å². The molecule has 1 aromatic carbocycles. The second-order valence-electron chi connectivity index (χ2n) is 5.91. The Labute approximate surface area is 140 Å². The van der Waals surface area contributed by atoms with Gasteiger partial charge in [0.2, 0.25) is 0 Å². The Kier molecular flexibility index (Phi) is 4.89. The van der Waals surface area contributed by atoms with Crippen molar-refractivity contribution in [2.45, 2.75) is 12.6 Å². The highest BCUT2D eigenvalue weighted by Crippen LogP contribution is 2.12. The maximum Gasteiger partial charge on any atom is 0.254 e. The third-order valence-corrected chi connectivity index (χ3v) is 4.06. The van der Waals surface area contributed by atoms with Gasteiger partial charge in [-0.05, 0) is 18.2 Å². The minimum absolute atomic E-state index is 0.158. The van der Waals surface area contributed by atoms with Crippen LogP contribution < -0.4 is 0 Å². The highest BCUT2D eigenvalue weighted by molar-refractivity contribution is 5.94. The summed E-state index contributed by atoms with van der Waals surface area (Å²) in [6, 6.07) is 8.69. The summed E-state index contributed by atoms with van der Waals surface area (Å²) in [6.45, 7) is 2.64. The van der Waals surface area contributed by atoms with Crippen LogP contribution in [0.5, 0.6) is 0 Å². The van der Waals surface area contributed by atoms with Crippen molar-refractivity contribution in [2.24, 2.45) is 0 Å². The van der Waals surface area contributed by atoms with E-state index in [9.17, 15) is 9.90 Å². The van der Waals surface area contributed by atoms with Gasteiger partial charge < -0.3 is 15.0 Å². The number of β-amino-alcohol motifs (C(OH)–C–C–N with tert-alkyl or cyclic N) is 1. The molecule has 2 aromatic rings. The van der Waals surface area contributed by atoms with Crippen LogP contribution in [0.25, 0.3) is 0 Å². The quantitative estimate of drug-likeness (QED) is 0.861. The Morgan fingerprint density at radius 2 is 2.29 bits per heavy atom. The number of nitrogens with zero attached hydrogens (tertiary/aromatic N) is 4. The van der Waals surface area contributed by atoms with Crippen LogP contribution in [0.15, 0.2) is 36.8 Å². The summed E-state index contributed by atoms with van der Waals surface area (Å²) < 4.78 is 0. The third-order valence-electron chi connectivity index (χ3n) is 4.06. The highest BCUT2D eigenvalue weighted by Gasteiger charge is 2.25. The zero-order valence-corrected chi connectivity index (χ0v) is 13.2. The number of aliphatic hydroxyl groups is 1. The van der Waals surface area contributed by atoms with Crippen molar-refractivity contribution in [1.29, 1.82) is 5.26 Å². The van der Waals surface area contributed by atoms with E-state index in [1.54, 1.807) is 41.7 Å². The molecule has 1 saturated heterocycles. The second-order valence-corrected chi connectivity index (χ2v) is 5.91. The standard InChI is InChI=1S/C17H19N5O2/c18-7-13-2-1-3-14(6-13)17(24)22-5-4-21(10-16(23)11-22)9-15-8-19-12-20-15/h1-3,6,8,12,16,23H,4-5,9-11H2,(H,19,20). The van der Waals surface area contributed by atoms with Crippen LogP contribution in [0.2, 0.25) is 0 Å². The molecule has 3 rings (SSSR count). The fourth-order valence-corrected chi connectivity index (χ4v) is 2.90. The third kappa shape index (κ3) is 3.79. The number of rotatable bonds is 3. The molecule has 0 saturated carbocycles. The van der Waals surface area contributed by atoms with E-state index in [4.69, 9.17) is 5.26 Å². The second kappa shape index (κ2) is 7.25. The van der Waals surface area contributed by atoms with E-state index in [0.717, 1.165) is 5.69 Å². The molecule has 1 aliphatic rings. The number of carbonyl (C=O) groups excluding carboxylic acids is 1. The van der Waals surface area contributed by atoms with Crippen LogP contribution in [0.4, 0.5) is 0 Å². The Bertz CT molecular complexity index is 738. The largest absolute Gasteiger partial charge is 0.390 e. The number of benzene rings is 1. The van der Waals surface area contributed by atoms with Crippen LogP contribution in [0.3, 0.4) is 0 Å². The fourth-order valence-electron chi connectivity index (χ4n) is 2.90. The lowest BCUT2D eigenvalue weighted by Gasteiger charge is -2.22. The number of amides is 1. The van der Waals surface area contributed by atoms with E-state index in [1.807, 2.05) is 6.07 Å². The molecule has 0 spiro atoms. The van der Waals surface area contributed by atoms with Gasteiger partial charge in [0, 0.05) is 50.2 Å². The molecule has 1 amide bonds. The Balaban J connectivity index is 1.68. The number of imidazole rings is 1. The van der Waals surface area contributed by atoms with Crippen LogP contribution in [-0.2, 0) is 6.54 Å². The summed E-state index contributed by atoms with van der Waals surface area (Å²) >= 11 is 0. The molecular formula is C17H19N5O2. The number of hydrogen-bond acceptors (Lipinski definition) is 5. The molecule has 0 aliphatic carbocycles. The van der Waals surface area contributed by atoms with Crippen molar-refractivity contribution in [3.05, 3.63) is 53.6 Å². The predicted molar refractivity (Wildman–Crippen MR) is 86.9 cm³/mol. The van der Waals surface area contributed by atoms with Crippen molar-refractivity contribution in [1.82, 2.24) is 19.8 Å². The van der Waals surface area contributed by atoms with Crippen LogP contribution in [-0.4, -0.2) is 63.1 Å². The SMILES string of the molecule is N#Cc1cccc(C(=O)N2CCN(Cc3cnc[nH]3)CC(O)C2)c1. The van der Waals surface area contributed by atoms with Gasteiger partial charge >= 0.3 is 0 Å². The van der Waals surface area contributed by atoms with Gasteiger partial charge in [-0.3, -0.25) is 9.69 Å². The molecule has 1 atom stereocenters. The maximum absolute atomic E-state index is 12.7. The van der Waals surface area contributed by atoms with Crippen LogP contribution >= 0.6 is 0 Å². The number of aliphatic hydroxyl groups excluding tert-OH is 1. The molecule has 124 valence electrons. The van der Waals surface area contributed by atoms with E-state index in [0.29, 0.717) is 37.3 Å². The van der Waals surface area contributed by atoms with Crippen LogP contribution in [0, 0.1) is 11.3 Å². The van der Waals surface area contributed by atoms with Crippen molar-refractivity contribution in [3.8, 4) is 6.07 Å². The van der Waals surface area contributed by atoms with Gasteiger partial charge in [-0.2, -0.15) is 5.26 Å². The van der Waals surface area contributed by atoms with E-state index in [2.05, 4.69) is 14.9 Å². The molecule has 7 heteroatoms. The number of carbonyl (C=O) groups is 1. The summed E-state index contributed by atoms with van der Waals surface area (Å²) in [5, 5.41) is 19.2. The topological polar surface area (TPSA) is 96.3 Å². The van der Waals surface area contributed by atoms with Gasteiger partial charge in [0.25, 0.3) is 5.91 Å². The number of aromatic amines is 1. The van der Waals surface area contributed by atoms with Crippen molar-refractivity contribution >= 4 is 5.91 Å². The normalized spacial score (nSPS) is 18.8. The van der Waals surface area contributed by atoms with Gasteiger partial charge in [-0.15, -0.1) is 0 Å². The molecule has 2 N–H and O–H groups in total. The van der Waals surface area contributed by atoms with Gasteiger partial charge in [0.15, 0.2) is 0 Å². The first-order valence-corrected chi connectivity index (χ1v) is 7.83. The number of hydrogen-bond donors (Lipinski definition) is 2. The Morgan fingerprint density at radius 1 is 1.42 bits per heavy atom. The van der Waals surface area contributed by atoms with Crippen molar-refractivity contribution in [3.63, 3.8) is 0 Å². The molecule has 24 heavy (non-hydrogen) atoms. The van der Waals surface area contributed by atoms with Gasteiger partial charge in [0.05, 0.1) is 24.1 Å². The fraction of sp³-hybridized carbons (Fsp3) is 0.353. The van der Waals surface area contributed by atoms with E-state index < -0.39 is 6.10 Å². The first kappa shape index (κ1) is 16.2. The summed E-state index contributed by atoms with van der Waals surface area (Å²) in [6.07, 6.45) is 2.77. The molecule has 1 fully saturated rings. The first-order chi connectivity index (χ1) is 11.7. The molecular weight excluding hydrogens is 306 g/mol. The summed E-state index contributed by atoms with van der Waals surface area (Å²) in [5.74, 6) is -0.158. The van der Waals surface area contributed by atoms with Gasteiger partial charge in [-0.25, -0.2) is 4.98 Å². The summed E-state index contributed by atoms with van der Waals surface area (Å²) in [4.78, 5) is 23.4. The average Bonchev–Trinajstić information content (AvgIpc) is 3.03. The number of nitrogens with one attached hydrogen (secondary N) is 1. The molecule has 7 nitrogen and oxygen atoms in total. The molecule has 1 unspecified atom stereocenters. The molecule has 0 radical (unpaired) electrons. The van der Waals surface area contributed by atoms with Gasteiger partial charge in [-0.1, -0.05) is 6.07 Å². The average molecular weight is 325 g/mol. The van der Waals surface area contributed by atoms with Gasteiger partial charge in [0.1, 0.15) is 0 Å². The summed E-state index contributed by atoms with van der Waals surface area (Å²) in [5.41, 5.74) is 1.91. The summed E-state index contributed by atoms with van der Waals surface area (Å²) in [7, 11) is 0. The minimum atomic E-state index is -0.612. The number of H-pyrrole nitrogens is 1. The lowest BCUT2D eigenvalue weighted by atomic mass is 10.1. The minimum Gasteiger partial charge on any atom is -0.390 e. The van der Waals surface area contributed by atoms with Crippen LogP contribution in [0.1, 0.15) is 21.6 Å². The first-order valence-electron chi connectivity index (χ1n) is 7.83. The molecule has 1 aromatic heterocycles. The molecule has 0 bridgehead atoms. The number of nitriles is 1. The van der Waals surface area contributed by atoms with E-state index in [1.165, 1.54) is 0 Å². The molecule has 2 heterocycles. The Morgan fingerprint density at radius 3 is 3.04 bits per heavy atom. The Hall–Kier alpha value is -2.69. The molecule has 1 aliphatic heterocycles. The van der Waals surface area contributed by atoms with E-state index in [-0.39, 0.29) is 12.5 Å². The zero-order valence-electron chi connectivity index (χ0n) is 13.2. The highest BCUT2D eigenvalue weighted by atomic mass is 16.3. The number of aromatic nitrogens is 2. The van der Waals surface area contributed by atoms with Crippen molar-refractivity contribution < 1.29 is 9.90 Å². The maximum atomic E-state index is 12.7. The lowest BCUT2D eigenvalue weighted by Crippen LogP contribution is -2.37. The van der Waals surface area contributed by atoms with E-state index >= 15 is 0 Å².